The minimum atomic E-state index is 0.466. The predicted octanol–water partition coefficient (Wildman–Crippen LogP) is 1.55. The molecule has 1 aliphatic rings. The first-order valence-electron chi connectivity index (χ1n) is 7.04. The van der Waals surface area contributed by atoms with Crippen LogP contribution in [-0.2, 0) is 0 Å². The third-order valence-corrected chi connectivity index (χ3v) is 3.80. The molecule has 4 heteroatoms. The minimum Gasteiger partial charge on any atom is -0.495 e. The van der Waals surface area contributed by atoms with Crippen LogP contribution in [0.25, 0.3) is 0 Å². The van der Waals surface area contributed by atoms with Crippen molar-refractivity contribution in [3.05, 3.63) is 24.3 Å². The Morgan fingerprint density at radius 1 is 1.32 bits per heavy atom. The highest BCUT2D eigenvalue weighted by Crippen LogP contribution is 2.31. The molecular formula is C15H25N3O. The van der Waals surface area contributed by atoms with Gasteiger partial charge in [-0.05, 0) is 45.1 Å². The van der Waals surface area contributed by atoms with E-state index in [1.165, 1.54) is 12.1 Å². The van der Waals surface area contributed by atoms with E-state index in [2.05, 4.69) is 29.0 Å². The number of anilines is 1. The molecule has 1 unspecified atom stereocenters. The summed E-state index contributed by atoms with van der Waals surface area (Å²) in [5.74, 6) is 0.953. The van der Waals surface area contributed by atoms with E-state index in [4.69, 9.17) is 10.5 Å². The molecule has 0 amide bonds. The Morgan fingerprint density at radius 2 is 2.11 bits per heavy atom. The molecule has 1 aromatic rings. The number of hydrogen-bond donors (Lipinski definition) is 1. The number of rotatable bonds is 4. The van der Waals surface area contributed by atoms with Gasteiger partial charge in [0.1, 0.15) is 5.75 Å². The molecule has 2 N–H and O–H groups in total. The van der Waals surface area contributed by atoms with E-state index in [-0.39, 0.29) is 0 Å². The lowest BCUT2D eigenvalue weighted by Crippen LogP contribution is -2.41. The van der Waals surface area contributed by atoms with Crippen LogP contribution in [-0.4, -0.2) is 51.3 Å². The van der Waals surface area contributed by atoms with Crippen LogP contribution >= 0.6 is 0 Å². The van der Waals surface area contributed by atoms with Crippen molar-refractivity contribution >= 4 is 5.69 Å². The summed E-state index contributed by atoms with van der Waals surface area (Å²) in [6.07, 6.45) is 2.19. The molecular weight excluding hydrogens is 238 g/mol. The number of hydrogen-bond acceptors (Lipinski definition) is 4. The lowest BCUT2D eigenvalue weighted by Gasteiger charge is -2.33. The summed E-state index contributed by atoms with van der Waals surface area (Å²) in [5, 5.41) is 0. The Balaban J connectivity index is 2.27. The highest BCUT2D eigenvalue weighted by molar-refractivity contribution is 5.59. The van der Waals surface area contributed by atoms with Gasteiger partial charge in [0.25, 0.3) is 0 Å². The summed E-state index contributed by atoms with van der Waals surface area (Å²) < 4.78 is 5.51. The van der Waals surface area contributed by atoms with Gasteiger partial charge >= 0.3 is 0 Å². The molecule has 1 atom stereocenters. The lowest BCUT2D eigenvalue weighted by atomic mass is 10.1. The Kier molecular flexibility index (Phi) is 5.05. The molecule has 1 saturated heterocycles. The zero-order valence-corrected chi connectivity index (χ0v) is 12.0. The molecule has 19 heavy (non-hydrogen) atoms. The van der Waals surface area contributed by atoms with Gasteiger partial charge in [-0.15, -0.1) is 0 Å². The van der Waals surface area contributed by atoms with Gasteiger partial charge in [-0.2, -0.15) is 0 Å². The minimum absolute atomic E-state index is 0.466. The number of methoxy groups -OCH3 is 1. The SMILES string of the molecule is COc1ccccc1N1CCCN(C)CC1CCN. The van der Waals surface area contributed by atoms with Crippen molar-refractivity contribution in [2.24, 2.45) is 5.73 Å². The fourth-order valence-electron chi connectivity index (χ4n) is 2.87. The zero-order valence-electron chi connectivity index (χ0n) is 12.0. The van der Waals surface area contributed by atoms with E-state index in [0.717, 1.165) is 38.3 Å². The van der Waals surface area contributed by atoms with E-state index in [0.29, 0.717) is 6.04 Å². The fourth-order valence-corrected chi connectivity index (χ4v) is 2.87. The van der Waals surface area contributed by atoms with Gasteiger partial charge in [0, 0.05) is 19.1 Å². The van der Waals surface area contributed by atoms with Gasteiger partial charge in [0.05, 0.1) is 12.8 Å². The van der Waals surface area contributed by atoms with Crippen molar-refractivity contribution in [3.8, 4) is 5.75 Å². The molecule has 4 nitrogen and oxygen atoms in total. The summed E-state index contributed by atoms with van der Waals surface area (Å²) in [4.78, 5) is 4.87. The summed E-state index contributed by atoms with van der Waals surface area (Å²) in [5.41, 5.74) is 6.98. The average Bonchev–Trinajstić information content (AvgIpc) is 2.60. The first-order valence-corrected chi connectivity index (χ1v) is 7.04. The largest absolute Gasteiger partial charge is 0.495 e. The van der Waals surface area contributed by atoms with Crippen LogP contribution in [0.15, 0.2) is 24.3 Å². The number of nitrogens with zero attached hydrogens (tertiary/aromatic N) is 2. The van der Waals surface area contributed by atoms with Crippen LogP contribution in [0.4, 0.5) is 5.69 Å². The molecule has 0 radical (unpaired) electrons. The first-order chi connectivity index (χ1) is 9.26. The van der Waals surface area contributed by atoms with Crippen LogP contribution in [0.1, 0.15) is 12.8 Å². The van der Waals surface area contributed by atoms with Crippen LogP contribution in [0.2, 0.25) is 0 Å². The second-order valence-corrected chi connectivity index (χ2v) is 5.21. The van der Waals surface area contributed by atoms with Crippen molar-refractivity contribution in [3.63, 3.8) is 0 Å². The van der Waals surface area contributed by atoms with Crippen molar-refractivity contribution in [2.75, 3.05) is 45.2 Å². The van der Waals surface area contributed by atoms with Gasteiger partial charge in [-0.25, -0.2) is 0 Å². The van der Waals surface area contributed by atoms with Crippen molar-refractivity contribution in [1.29, 1.82) is 0 Å². The van der Waals surface area contributed by atoms with Gasteiger partial charge in [-0.3, -0.25) is 0 Å². The molecule has 0 aliphatic carbocycles. The normalized spacial score (nSPS) is 21.2. The number of benzene rings is 1. The topological polar surface area (TPSA) is 41.7 Å². The number of para-hydroxylation sites is 2. The predicted molar refractivity (Wildman–Crippen MR) is 79.9 cm³/mol. The van der Waals surface area contributed by atoms with Gasteiger partial charge in [0.15, 0.2) is 0 Å². The summed E-state index contributed by atoms with van der Waals surface area (Å²) >= 11 is 0. The quantitative estimate of drug-likeness (QED) is 0.895. The second kappa shape index (κ2) is 6.78. The summed E-state index contributed by atoms with van der Waals surface area (Å²) in [7, 11) is 3.93. The van der Waals surface area contributed by atoms with E-state index >= 15 is 0 Å². The highest BCUT2D eigenvalue weighted by Gasteiger charge is 2.24. The lowest BCUT2D eigenvalue weighted by molar-refractivity contribution is 0.325. The van der Waals surface area contributed by atoms with Crippen LogP contribution < -0.4 is 15.4 Å². The third kappa shape index (κ3) is 3.39. The van der Waals surface area contributed by atoms with Gasteiger partial charge in [-0.1, -0.05) is 12.1 Å². The van der Waals surface area contributed by atoms with Gasteiger partial charge < -0.3 is 20.3 Å². The summed E-state index contributed by atoms with van der Waals surface area (Å²) in [6.45, 7) is 4.00. The standard InChI is InChI=1S/C15H25N3O/c1-17-10-5-11-18(13(12-17)8-9-16)14-6-3-4-7-15(14)19-2/h3-4,6-7,13H,5,8-12,16H2,1-2H3. The molecule has 2 rings (SSSR count). The van der Waals surface area contributed by atoms with Crippen LogP contribution in [0, 0.1) is 0 Å². The Labute approximate surface area is 116 Å². The fraction of sp³-hybridized carbons (Fsp3) is 0.600. The second-order valence-electron chi connectivity index (χ2n) is 5.21. The molecule has 1 fully saturated rings. The molecule has 1 aromatic carbocycles. The van der Waals surface area contributed by atoms with E-state index in [1.54, 1.807) is 7.11 Å². The monoisotopic (exact) mass is 263 g/mol. The van der Waals surface area contributed by atoms with Crippen molar-refractivity contribution in [2.45, 2.75) is 18.9 Å². The van der Waals surface area contributed by atoms with Crippen molar-refractivity contribution < 1.29 is 4.74 Å². The number of nitrogens with two attached hydrogens (primary N) is 1. The Morgan fingerprint density at radius 3 is 2.84 bits per heavy atom. The average molecular weight is 263 g/mol. The maximum atomic E-state index is 5.79. The highest BCUT2D eigenvalue weighted by atomic mass is 16.5. The molecule has 0 saturated carbocycles. The number of ether oxygens (including phenoxy) is 1. The maximum absolute atomic E-state index is 5.79. The smallest absolute Gasteiger partial charge is 0.142 e. The van der Waals surface area contributed by atoms with Crippen LogP contribution in [0.5, 0.6) is 5.75 Å². The van der Waals surface area contributed by atoms with Gasteiger partial charge in [0.2, 0.25) is 0 Å². The van der Waals surface area contributed by atoms with E-state index < -0.39 is 0 Å². The molecule has 0 aromatic heterocycles. The molecule has 1 aliphatic heterocycles. The molecule has 106 valence electrons. The molecule has 0 spiro atoms. The maximum Gasteiger partial charge on any atom is 0.142 e. The molecule has 1 heterocycles. The Hall–Kier alpha value is -1.26. The molecule has 0 bridgehead atoms. The van der Waals surface area contributed by atoms with Crippen LogP contribution in [0.3, 0.4) is 0 Å². The zero-order chi connectivity index (χ0) is 13.7. The van der Waals surface area contributed by atoms with E-state index in [9.17, 15) is 0 Å². The van der Waals surface area contributed by atoms with Crippen molar-refractivity contribution in [1.82, 2.24) is 4.90 Å². The number of likely N-dealkylation sites (N-methyl/N-ethyl adjacent to an activating group) is 1. The summed E-state index contributed by atoms with van der Waals surface area (Å²) in [6, 6.07) is 8.74. The van der Waals surface area contributed by atoms with E-state index in [1.807, 2.05) is 12.1 Å². The first kappa shape index (κ1) is 14.2. The Bertz CT molecular complexity index is 397. The third-order valence-electron chi connectivity index (χ3n) is 3.80.